The number of nitrogens with zero attached hydrogens (tertiary/aromatic N) is 3. The zero-order valence-corrected chi connectivity index (χ0v) is 17.7. The first-order valence-corrected chi connectivity index (χ1v) is 9.84. The highest BCUT2D eigenvalue weighted by Gasteiger charge is 2.48. The number of nitrogens with one attached hydrogen (secondary N) is 2. The van der Waals surface area contributed by atoms with Crippen molar-refractivity contribution in [1.29, 1.82) is 0 Å². The molecule has 0 aliphatic heterocycles. The van der Waals surface area contributed by atoms with Gasteiger partial charge in [0.15, 0.2) is 6.61 Å². The summed E-state index contributed by atoms with van der Waals surface area (Å²) in [4.78, 5) is 11.6. The minimum absolute atomic E-state index is 0.0170. The van der Waals surface area contributed by atoms with Crippen molar-refractivity contribution in [2.24, 2.45) is 5.41 Å². The average molecular weight is 461 g/mol. The zero-order valence-electron chi connectivity index (χ0n) is 17.7. The molecule has 0 saturated heterocycles. The van der Waals surface area contributed by atoms with Gasteiger partial charge in [-0.05, 0) is 12.5 Å². The van der Waals surface area contributed by atoms with Crippen molar-refractivity contribution >= 4 is 11.8 Å². The lowest BCUT2D eigenvalue weighted by Crippen LogP contribution is -2.57. The summed E-state index contributed by atoms with van der Waals surface area (Å²) >= 11 is 0. The molecule has 2 atom stereocenters. The topological polar surface area (TPSA) is 92.2 Å². The molecule has 7 nitrogen and oxygen atoms in total. The van der Waals surface area contributed by atoms with Crippen LogP contribution in [0.5, 0.6) is 5.88 Å². The third kappa shape index (κ3) is 5.53. The molecule has 1 fully saturated rings. The number of aliphatic hydroxyl groups is 1. The van der Waals surface area contributed by atoms with Crippen LogP contribution in [0.25, 0.3) is 0 Å². The maximum Gasteiger partial charge on any atom is 0.421 e. The van der Waals surface area contributed by atoms with E-state index in [2.05, 4.69) is 25.6 Å². The van der Waals surface area contributed by atoms with E-state index in [1.807, 2.05) is 0 Å². The number of pyridine rings is 1. The predicted octanol–water partition coefficient (Wildman–Crippen LogP) is 4.11. The van der Waals surface area contributed by atoms with E-state index in [9.17, 15) is 27.1 Å². The van der Waals surface area contributed by atoms with Crippen LogP contribution in [0.15, 0.2) is 24.5 Å². The Bertz CT molecular complexity index is 949. The third-order valence-corrected chi connectivity index (χ3v) is 5.37. The van der Waals surface area contributed by atoms with Gasteiger partial charge in [0.25, 0.3) is 5.92 Å². The fourth-order valence-electron chi connectivity index (χ4n) is 3.15. The van der Waals surface area contributed by atoms with Crippen LogP contribution < -0.4 is 15.4 Å². The van der Waals surface area contributed by atoms with Gasteiger partial charge >= 0.3 is 6.18 Å². The Labute approximate surface area is 181 Å². The molecule has 32 heavy (non-hydrogen) atoms. The molecule has 1 aliphatic rings. The van der Waals surface area contributed by atoms with E-state index in [0.29, 0.717) is 18.7 Å². The molecule has 0 bridgehead atoms. The molecule has 1 saturated carbocycles. The molecule has 1 aliphatic carbocycles. The summed E-state index contributed by atoms with van der Waals surface area (Å²) in [5.74, 6) is -3.60. The van der Waals surface area contributed by atoms with Crippen LogP contribution >= 0.6 is 0 Å². The number of alkyl halides is 5. The summed E-state index contributed by atoms with van der Waals surface area (Å²) in [6.45, 7) is 3.31. The lowest BCUT2D eigenvalue weighted by Gasteiger charge is -2.49. The van der Waals surface area contributed by atoms with Gasteiger partial charge in [-0.3, -0.25) is 0 Å². The highest BCUT2D eigenvalue weighted by atomic mass is 19.4. The number of anilines is 2. The number of aromatic nitrogens is 3. The zero-order chi connectivity index (χ0) is 23.7. The second-order valence-electron chi connectivity index (χ2n) is 8.40. The molecule has 0 aromatic carbocycles. The first-order valence-electron chi connectivity index (χ1n) is 9.84. The average Bonchev–Trinajstić information content (AvgIpc) is 2.70. The van der Waals surface area contributed by atoms with Gasteiger partial charge in [0.05, 0.1) is 6.10 Å². The van der Waals surface area contributed by atoms with E-state index < -0.39 is 47.6 Å². The summed E-state index contributed by atoms with van der Waals surface area (Å²) in [6, 6.07) is 2.74. The van der Waals surface area contributed by atoms with E-state index in [1.54, 1.807) is 26.0 Å². The van der Waals surface area contributed by atoms with Crippen LogP contribution in [0.3, 0.4) is 0 Å². The highest BCUT2D eigenvalue weighted by molar-refractivity contribution is 5.50. The molecule has 3 rings (SSSR count). The van der Waals surface area contributed by atoms with Crippen molar-refractivity contribution in [3.05, 3.63) is 35.7 Å². The molecule has 2 heterocycles. The number of hydrogen-bond acceptors (Lipinski definition) is 7. The number of ether oxygens (including phenoxy) is 1. The molecular formula is C20H24F5N5O2. The smallest absolute Gasteiger partial charge is 0.421 e. The summed E-state index contributed by atoms with van der Waals surface area (Å²) in [5.41, 5.74) is -1.25. The van der Waals surface area contributed by atoms with Gasteiger partial charge in [-0.15, -0.1) is 0 Å². The molecule has 2 aromatic rings. The van der Waals surface area contributed by atoms with Gasteiger partial charge in [-0.25, -0.2) is 18.7 Å². The van der Waals surface area contributed by atoms with Crippen molar-refractivity contribution < 1.29 is 31.8 Å². The van der Waals surface area contributed by atoms with Gasteiger partial charge in [0.2, 0.25) is 11.8 Å². The van der Waals surface area contributed by atoms with Gasteiger partial charge in [0.1, 0.15) is 11.4 Å². The molecule has 12 heteroatoms. The highest BCUT2D eigenvalue weighted by Crippen LogP contribution is 2.43. The van der Waals surface area contributed by atoms with Crippen LogP contribution in [-0.2, 0) is 12.7 Å². The summed E-state index contributed by atoms with van der Waals surface area (Å²) < 4.78 is 71.5. The van der Waals surface area contributed by atoms with Crippen LogP contribution in [-0.4, -0.2) is 44.7 Å². The molecule has 0 radical (unpaired) electrons. The summed E-state index contributed by atoms with van der Waals surface area (Å²) in [5, 5.41) is 15.4. The largest absolute Gasteiger partial charge is 0.471 e. The molecule has 0 amide bonds. The Balaban J connectivity index is 1.77. The van der Waals surface area contributed by atoms with Crippen molar-refractivity contribution in [3.8, 4) is 5.88 Å². The Morgan fingerprint density at radius 2 is 1.94 bits per heavy atom. The molecular weight excluding hydrogens is 437 g/mol. The Morgan fingerprint density at radius 1 is 1.22 bits per heavy atom. The van der Waals surface area contributed by atoms with Crippen LogP contribution in [0.4, 0.5) is 33.7 Å². The molecule has 0 unspecified atom stereocenters. The SMILES string of the molecule is CC(F)(F)COc1ncccc1CNc1ncc(C(F)(F)F)c(N[C@@H]2C[C@H](O)C2(C)C)n1. The molecule has 2 aromatic heterocycles. The lowest BCUT2D eigenvalue weighted by atomic mass is 9.64. The standard InChI is InChI=1S/C20H24F5N5O2/c1-18(2)13(7-14(18)31)29-15-12(20(23,24)25)9-28-17(30-15)27-8-11-5-4-6-26-16(11)32-10-19(3,21)22/h4-6,9,13-14,31H,7-8,10H2,1-3H3,(H2,27,28,29,30)/t13-,14+/m1/s1. The maximum absolute atomic E-state index is 13.4. The van der Waals surface area contributed by atoms with E-state index in [4.69, 9.17) is 4.74 Å². The second kappa shape index (κ2) is 8.64. The molecule has 176 valence electrons. The lowest BCUT2D eigenvalue weighted by molar-refractivity contribution is -0.137. The minimum Gasteiger partial charge on any atom is -0.471 e. The fraction of sp³-hybridized carbons (Fsp3) is 0.550. The van der Waals surface area contributed by atoms with E-state index in [-0.39, 0.29) is 24.8 Å². The van der Waals surface area contributed by atoms with Crippen LogP contribution in [0.2, 0.25) is 0 Å². The molecule has 3 N–H and O–H groups in total. The second-order valence-corrected chi connectivity index (χ2v) is 8.40. The Morgan fingerprint density at radius 3 is 2.53 bits per heavy atom. The van der Waals surface area contributed by atoms with Gasteiger partial charge < -0.3 is 20.5 Å². The number of hydrogen-bond donors (Lipinski definition) is 3. The number of aliphatic hydroxyl groups excluding tert-OH is 1. The van der Waals surface area contributed by atoms with E-state index in [0.717, 1.165) is 0 Å². The van der Waals surface area contributed by atoms with Crippen molar-refractivity contribution in [1.82, 2.24) is 15.0 Å². The summed E-state index contributed by atoms with van der Waals surface area (Å²) in [6.07, 6.45) is -2.98. The van der Waals surface area contributed by atoms with E-state index in [1.165, 1.54) is 6.20 Å². The predicted molar refractivity (Wildman–Crippen MR) is 107 cm³/mol. The van der Waals surface area contributed by atoms with Crippen molar-refractivity contribution in [2.75, 3.05) is 17.2 Å². The number of rotatable bonds is 8. The maximum atomic E-state index is 13.4. The fourth-order valence-corrected chi connectivity index (χ4v) is 3.15. The first-order chi connectivity index (χ1) is 14.8. The normalized spacial score (nSPS) is 20.4. The monoisotopic (exact) mass is 461 g/mol. The first kappa shape index (κ1) is 23.9. The Kier molecular flexibility index (Phi) is 6.45. The van der Waals surface area contributed by atoms with E-state index >= 15 is 0 Å². The Hall–Kier alpha value is -2.76. The van der Waals surface area contributed by atoms with Crippen LogP contribution in [0.1, 0.15) is 38.3 Å². The van der Waals surface area contributed by atoms with Gasteiger partial charge in [-0.1, -0.05) is 19.9 Å². The summed E-state index contributed by atoms with van der Waals surface area (Å²) in [7, 11) is 0. The quantitative estimate of drug-likeness (QED) is 0.510. The number of halogens is 5. The van der Waals surface area contributed by atoms with Crippen LogP contribution in [0, 0.1) is 5.41 Å². The van der Waals surface area contributed by atoms with Gasteiger partial charge in [-0.2, -0.15) is 18.2 Å². The minimum atomic E-state index is -4.68. The molecule has 0 spiro atoms. The van der Waals surface area contributed by atoms with Gasteiger partial charge in [0, 0.05) is 42.9 Å². The van der Waals surface area contributed by atoms with Crippen molar-refractivity contribution in [2.45, 2.75) is 58.0 Å². The third-order valence-electron chi connectivity index (χ3n) is 5.37. The van der Waals surface area contributed by atoms with Crippen molar-refractivity contribution in [3.63, 3.8) is 0 Å².